The van der Waals surface area contributed by atoms with Crippen molar-refractivity contribution < 1.29 is 27.7 Å². The first-order valence-corrected chi connectivity index (χ1v) is 11.3. The van der Waals surface area contributed by atoms with Gasteiger partial charge < -0.3 is 5.11 Å². The van der Waals surface area contributed by atoms with Crippen molar-refractivity contribution in [3.63, 3.8) is 0 Å². The molecule has 0 bridgehead atoms. The van der Waals surface area contributed by atoms with Gasteiger partial charge in [-0.15, -0.1) is 0 Å². The maximum Gasteiger partial charge on any atom is 0.337 e. The molecule has 0 aromatic heterocycles. The van der Waals surface area contributed by atoms with Crippen molar-refractivity contribution in [2.75, 3.05) is 4.90 Å². The van der Waals surface area contributed by atoms with Gasteiger partial charge in [0.15, 0.2) is 0 Å². The van der Waals surface area contributed by atoms with Crippen molar-refractivity contribution >= 4 is 51.2 Å². The highest BCUT2D eigenvalue weighted by atomic mass is 35.5. The van der Waals surface area contributed by atoms with Gasteiger partial charge >= 0.3 is 5.97 Å². The Morgan fingerprint density at radius 1 is 1.00 bits per heavy atom. The fraction of sp³-hybridized carbons (Fsp3) is 0. The van der Waals surface area contributed by atoms with E-state index in [1.54, 1.807) is 54.6 Å². The maximum atomic E-state index is 13.4. The van der Waals surface area contributed by atoms with Crippen LogP contribution in [-0.2, 0) is 14.9 Å². The van der Waals surface area contributed by atoms with Gasteiger partial charge in [0, 0.05) is 10.6 Å². The van der Waals surface area contributed by atoms with E-state index >= 15 is 0 Å². The summed E-state index contributed by atoms with van der Waals surface area (Å²) in [5.41, 5.74) is 0.370. The van der Waals surface area contributed by atoms with Gasteiger partial charge in [-0.2, -0.15) is 8.42 Å². The summed E-state index contributed by atoms with van der Waals surface area (Å²) in [7, 11) is -4.67. The summed E-state index contributed by atoms with van der Waals surface area (Å²) < 4.78 is 32.9. The Morgan fingerprint density at radius 3 is 2.30 bits per heavy atom. The molecule has 0 spiro atoms. The third-order valence-electron chi connectivity index (χ3n) is 4.83. The van der Waals surface area contributed by atoms with Crippen LogP contribution in [0, 0.1) is 0 Å². The van der Waals surface area contributed by atoms with Crippen LogP contribution in [0.15, 0.2) is 88.4 Å². The van der Waals surface area contributed by atoms with E-state index in [2.05, 4.69) is 4.99 Å². The molecular formula is C23H15ClN2O6S. The molecule has 1 heterocycles. The van der Waals surface area contributed by atoms with Gasteiger partial charge in [-0.1, -0.05) is 60.1 Å². The van der Waals surface area contributed by atoms with Gasteiger partial charge in [-0.3, -0.25) is 14.2 Å². The van der Waals surface area contributed by atoms with E-state index in [9.17, 15) is 27.7 Å². The molecule has 3 aromatic rings. The molecule has 0 fully saturated rings. The largest absolute Gasteiger partial charge is 0.478 e. The molecule has 2 N–H and O–H groups in total. The molecule has 1 amide bonds. The Labute approximate surface area is 193 Å². The van der Waals surface area contributed by atoms with E-state index in [4.69, 9.17) is 11.6 Å². The summed E-state index contributed by atoms with van der Waals surface area (Å²) in [4.78, 5) is 30.2. The van der Waals surface area contributed by atoms with Crippen LogP contribution in [0.4, 0.5) is 5.69 Å². The number of anilines is 1. The number of amidine groups is 1. The minimum absolute atomic E-state index is 0.0319. The van der Waals surface area contributed by atoms with Gasteiger partial charge in [0.25, 0.3) is 16.0 Å². The number of amides is 1. The normalized spacial score (nSPS) is 15.1. The lowest BCUT2D eigenvalue weighted by Gasteiger charge is -2.21. The Kier molecular flexibility index (Phi) is 5.86. The van der Waals surface area contributed by atoms with Gasteiger partial charge in [-0.25, -0.2) is 9.79 Å². The average molecular weight is 483 g/mol. The minimum Gasteiger partial charge on any atom is -0.478 e. The van der Waals surface area contributed by atoms with Gasteiger partial charge in [0.1, 0.15) is 11.5 Å². The molecule has 1 aliphatic heterocycles. The van der Waals surface area contributed by atoms with E-state index < -0.39 is 26.9 Å². The Balaban J connectivity index is 1.96. The third kappa shape index (κ3) is 4.42. The molecule has 0 radical (unpaired) electrons. The van der Waals surface area contributed by atoms with Gasteiger partial charge in [0.2, 0.25) is 0 Å². The van der Waals surface area contributed by atoms with E-state index in [1.165, 1.54) is 6.08 Å². The molecule has 0 saturated heterocycles. The van der Waals surface area contributed by atoms with Crippen molar-refractivity contribution in [1.29, 1.82) is 0 Å². The molecule has 1 aliphatic rings. The molecule has 10 heteroatoms. The summed E-state index contributed by atoms with van der Waals surface area (Å²) >= 11 is 6.20. The molecule has 0 saturated carbocycles. The first kappa shape index (κ1) is 22.4. The lowest BCUT2D eigenvalue weighted by atomic mass is 10.1. The number of nitrogens with zero attached hydrogens (tertiary/aromatic N) is 2. The second-order valence-corrected chi connectivity index (χ2v) is 8.78. The fourth-order valence-electron chi connectivity index (χ4n) is 3.30. The van der Waals surface area contributed by atoms with Crippen molar-refractivity contribution in [1.82, 2.24) is 0 Å². The molecule has 8 nitrogen and oxygen atoms in total. The summed E-state index contributed by atoms with van der Waals surface area (Å²) in [5, 5.41) is 10.1. The van der Waals surface area contributed by atoms with Crippen LogP contribution in [0.5, 0.6) is 0 Å². The summed E-state index contributed by atoms with van der Waals surface area (Å²) in [6, 6.07) is 18.2. The number of carboxylic acids is 1. The predicted octanol–water partition coefficient (Wildman–Crippen LogP) is 4.12. The fourth-order valence-corrected chi connectivity index (χ4v) is 3.99. The smallest absolute Gasteiger partial charge is 0.337 e. The van der Waals surface area contributed by atoms with E-state index in [0.29, 0.717) is 16.1 Å². The van der Waals surface area contributed by atoms with Crippen LogP contribution in [0.2, 0.25) is 5.02 Å². The SMILES string of the molecule is O=C(O)c1ccc(S(=O)(=O)O)cc1N1C(=O)/C(=C/c2ccccc2Cl)N=C1c1ccccc1. The van der Waals surface area contributed by atoms with E-state index in [-0.39, 0.29) is 22.8 Å². The van der Waals surface area contributed by atoms with Crippen molar-refractivity contribution in [2.45, 2.75) is 4.90 Å². The predicted molar refractivity (Wildman–Crippen MR) is 123 cm³/mol. The molecule has 0 atom stereocenters. The highest BCUT2D eigenvalue weighted by Crippen LogP contribution is 2.33. The number of hydrogen-bond acceptors (Lipinski definition) is 5. The Hall–Kier alpha value is -3.79. The zero-order chi connectivity index (χ0) is 23.8. The minimum atomic E-state index is -4.67. The van der Waals surface area contributed by atoms with Gasteiger partial charge in [-0.05, 0) is 35.9 Å². The zero-order valence-electron chi connectivity index (χ0n) is 16.7. The number of hydrogen-bond donors (Lipinski definition) is 2. The van der Waals surface area contributed by atoms with E-state index in [1.807, 2.05) is 0 Å². The number of carbonyl (C=O) groups excluding carboxylic acids is 1. The van der Waals surface area contributed by atoms with Crippen LogP contribution < -0.4 is 4.90 Å². The molecular weight excluding hydrogens is 468 g/mol. The topological polar surface area (TPSA) is 124 Å². The molecule has 166 valence electrons. The molecule has 3 aromatic carbocycles. The van der Waals surface area contributed by atoms with Crippen LogP contribution in [0.3, 0.4) is 0 Å². The Bertz CT molecular complexity index is 1450. The molecule has 0 unspecified atom stereocenters. The number of halogens is 1. The Morgan fingerprint density at radius 2 is 1.67 bits per heavy atom. The van der Waals surface area contributed by atoms with E-state index in [0.717, 1.165) is 23.1 Å². The number of carbonyl (C=O) groups is 2. The lowest BCUT2D eigenvalue weighted by molar-refractivity contribution is -0.113. The molecule has 33 heavy (non-hydrogen) atoms. The van der Waals surface area contributed by atoms with Crippen LogP contribution in [-0.4, -0.2) is 35.8 Å². The van der Waals surface area contributed by atoms with Crippen LogP contribution in [0.1, 0.15) is 21.5 Å². The first-order valence-electron chi connectivity index (χ1n) is 9.46. The molecule has 4 rings (SSSR count). The molecule has 0 aliphatic carbocycles. The number of aromatic carboxylic acids is 1. The van der Waals surface area contributed by atoms with Crippen molar-refractivity contribution in [3.05, 3.63) is 100 Å². The van der Waals surface area contributed by atoms with Gasteiger partial charge in [0.05, 0.1) is 16.1 Å². The maximum absolute atomic E-state index is 13.4. The lowest BCUT2D eigenvalue weighted by Crippen LogP contribution is -2.34. The third-order valence-corrected chi connectivity index (χ3v) is 6.02. The number of rotatable bonds is 5. The second-order valence-electron chi connectivity index (χ2n) is 6.95. The summed E-state index contributed by atoms with van der Waals surface area (Å²) in [5.74, 6) is -1.99. The van der Waals surface area contributed by atoms with Crippen molar-refractivity contribution in [2.24, 2.45) is 4.99 Å². The quantitative estimate of drug-likeness (QED) is 0.416. The standard InChI is InChI=1S/C23H15ClN2O6S/c24-18-9-5-4-8-15(18)12-19-22(27)26(21(25-19)14-6-2-1-3-7-14)20-13-16(33(30,31)32)10-11-17(20)23(28)29/h1-13H,(H,28,29)(H,30,31,32)/b19-12-. The zero-order valence-corrected chi connectivity index (χ0v) is 18.3. The van der Waals surface area contributed by atoms with Crippen molar-refractivity contribution in [3.8, 4) is 0 Å². The highest BCUT2D eigenvalue weighted by Gasteiger charge is 2.35. The van der Waals surface area contributed by atoms with Crippen LogP contribution >= 0.6 is 11.6 Å². The summed E-state index contributed by atoms with van der Waals surface area (Å²) in [6.07, 6.45) is 1.46. The second kappa shape index (κ2) is 8.62. The average Bonchev–Trinajstić information content (AvgIpc) is 3.10. The number of carboxylic acid groups (broad SMARTS) is 1. The van der Waals surface area contributed by atoms with Crippen LogP contribution in [0.25, 0.3) is 6.08 Å². The first-order chi connectivity index (χ1) is 15.7. The highest BCUT2D eigenvalue weighted by molar-refractivity contribution is 7.85. The number of aliphatic imine (C=N–C) groups is 1. The summed E-state index contributed by atoms with van der Waals surface area (Å²) in [6.45, 7) is 0. The number of benzene rings is 3. The monoisotopic (exact) mass is 482 g/mol.